The van der Waals surface area contributed by atoms with E-state index < -0.39 is 71.1 Å². The smallest absolute Gasteiger partial charge is 0.281 e. The van der Waals surface area contributed by atoms with Crippen LogP contribution in [0.4, 0.5) is 14.7 Å². The molecule has 3 heterocycles. The van der Waals surface area contributed by atoms with E-state index in [1.54, 1.807) is 0 Å². The molecule has 8 nitrogen and oxygen atoms in total. The molecule has 0 unspecified atom stereocenters. The molecule has 25 heavy (non-hydrogen) atoms. The molecule has 136 valence electrons. The van der Waals surface area contributed by atoms with E-state index in [0.717, 1.165) is 18.4 Å². The fourth-order valence-corrected chi connectivity index (χ4v) is 2.73. The summed E-state index contributed by atoms with van der Waals surface area (Å²) >= 11 is 0. The Kier molecular flexibility index (Phi) is 3.04. The van der Waals surface area contributed by atoms with Crippen LogP contribution in [0.5, 0.6) is 0 Å². The van der Waals surface area contributed by atoms with Crippen LogP contribution >= 0.6 is 0 Å². The van der Waals surface area contributed by atoms with E-state index >= 15 is 0 Å². The van der Waals surface area contributed by atoms with Crippen molar-refractivity contribution in [2.75, 3.05) is 24.7 Å². The Labute approximate surface area is 150 Å². The van der Waals surface area contributed by atoms with Gasteiger partial charge in [-0.2, -0.15) is 4.98 Å². The number of nitrogens with zero attached hydrogens (tertiary/aromatic N) is 3. The van der Waals surface area contributed by atoms with E-state index in [9.17, 15) is 22.0 Å². The van der Waals surface area contributed by atoms with E-state index in [0.29, 0.717) is 4.31 Å². The highest BCUT2D eigenvalue weighted by molar-refractivity contribution is 7.88. The van der Waals surface area contributed by atoms with Gasteiger partial charge in [-0.3, -0.25) is 4.79 Å². The maximum Gasteiger partial charge on any atom is 0.281 e. The van der Waals surface area contributed by atoms with Crippen LogP contribution < -0.4 is 10.9 Å². The third kappa shape index (κ3) is 3.93. The lowest BCUT2D eigenvalue weighted by Crippen LogP contribution is -2.42. The second-order valence-corrected chi connectivity index (χ2v) is 7.11. The third-order valence-corrected chi connectivity index (χ3v) is 4.53. The van der Waals surface area contributed by atoms with Crippen LogP contribution in [0.15, 0.2) is 16.9 Å². The maximum atomic E-state index is 13.8. The number of pyridine rings is 1. The average molecular weight is 379 g/mol. The first-order valence-electron chi connectivity index (χ1n) is 9.90. The molecule has 0 atom stereocenters. The van der Waals surface area contributed by atoms with Gasteiger partial charge in [0.1, 0.15) is 12.7 Å². The molecule has 0 aromatic carbocycles. The summed E-state index contributed by atoms with van der Waals surface area (Å²) < 4.78 is 99.8. The number of aromatic nitrogens is 3. The number of hydrogen-bond acceptors (Lipinski definition) is 6. The van der Waals surface area contributed by atoms with Crippen LogP contribution in [-0.4, -0.2) is 53.0 Å². The number of H-pyrrole nitrogens is 1. The van der Waals surface area contributed by atoms with Gasteiger partial charge in [0.05, 0.1) is 7.63 Å². The molecule has 0 spiro atoms. The lowest BCUT2D eigenvalue weighted by Gasteiger charge is -2.30. The lowest BCUT2D eigenvalue weighted by molar-refractivity contribution is 0.148. The molecule has 1 aliphatic heterocycles. The van der Waals surface area contributed by atoms with Crippen molar-refractivity contribution < 1.29 is 25.4 Å². The summed E-state index contributed by atoms with van der Waals surface area (Å²) in [7, 11) is -4.00. The maximum absolute atomic E-state index is 13.8. The van der Waals surface area contributed by atoms with Gasteiger partial charge in [0.25, 0.3) is 6.40 Å². The third-order valence-electron chi connectivity index (χ3n) is 3.34. The molecule has 3 rings (SSSR count). The number of halogens is 2. The fraction of sp³-hybridized carbons (Fsp3) is 0.500. The minimum Gasteiger partial charge on any atom is -0.351 e. The SMILES string of the molecule is [2H]C(F)(F)c1nc(NC2([2H])C([2H])([2H])CN(S(C)(=O)=O)CC2([2H])[2H])nc2[nH]c(=O)ccc12. The average Bonchev–Trinajstić information content (AvgIpc) is 2.56. The number of hydrogen-bond donors (Lipinski definition) is 2. The van der Waals surface area contributed by atoms with Crippen LogP contribution in [0.25, 0.3) is 11.0 Å². The Bertz CT molecular complexity index is 1190. The monoisotopic (exact) mass is 379 g/mol. The number of aromatic amines is 1. The van der Waals surface area contributed by atoms with Gasteiger partial charge < -0.3 is 10.3 Å². The normalized spacial score (nSPS) is 26.5. The zero-order valence-electron chi connectivity index (χ0n) is 18.8. The first-order chi connectivity index (χ1) is 13.9. The number of alkyl halides is 2. The van der Waals surface area contributed by atoms with Gasteiger partial charge in [0, 0.05) is 36.0 Å². The summed E-state index contributed by atoms with van der Waals surface area (Å²) in [5, 5.41) is 1.70. The largest absolute Gasteiger partial charge is 0.351 e. The summed E-state index contributed by atoms with van der Waals surface area (Å²) in [6.07, 6.45) is -9.24. The standard InChI is InChI=1S/C14H17F2N5O3S/c1-25(23,24)21-6-4-8(5-7-21)17-14-19-11(12(15)16)9-2-3-10(22)18-13(9)20-14/h2-3,8,12H,4-7H2,1H3,(H2,17,18,19,20,22)/i4D2,5D2,8D,12D. The molecule has 1 fully saturated rings. The molecule has 0 bridgehead atoms. The van der Waals surface area contributed by atoms with E-state index in [2.05, 4.69) is 20.3 Å². The molecule has 1 aliphatic rings. The fourth-order valence-electron chi connectivity index (χ4n) is 2.13. The first-order valence-corrected chi connectivity index (χ1v) is 8.75. The Morgan fingerprint density at radius 1 is 1.44 bits per heavy atom. The topological polar surface area (TPSA) is 108 Å². The van der Waals surface area contributed by atoms with Crippen molar-refractivity contribution in [2.24, 2.45) is 0 Å². The summed E-state index contributed by atoms with van der Waals surface area (Å²) in [6.45, 7) is -1.79. The number of nitrogens with one attached hydrogen (secondary N) is 2. The predicted molar refractivity (Wildman–Crippen MR) is 88.2 cm³/mol. The minimum absolute atomic E-state index is 0.373. The summed E-state index contributed by atoms with van der Waals surface area (Å²) in [6, 6.07) is -1.04. The highest BCUT2D eigenvalue weighted by atomic mass is 32.2. The van der Waals surface area contributed by atoms with Crippen LogP contribution in [0.3, 0.4) is 0 Å². The van der Waals surface area contributed by atoms with Crippen molar-refractivity contribution in [2.45, 2.75) is 25.2 Å². The lowest BCUT2D eigenvalue weighted by atomic mass is 10.1. The van der Waals surface area contributed by atoms with Gasteiger partial charge in [-0.15, -0.1) is 0 Å². The number of piperidine rings is 1. The second kappa shape index (κ2) is 6.64. The molecule has 2 aromatic heterocycles. The molecule has 2 aromatic rings. The Hall–Kier alpha value is -2.14. The summed E-state index contributed by atoms with van der Waals surface area (Å²) in [5.41, 5.74) is -2.32. The van der Waals surface area contributed by atoms with Gasteiger partial charge in [0.2, 0.25) is 21.5 Å². The van der Waals surface area contributed by atoms with Crippen molar-refractivity contribution in [3.63, 3.8) is 0 Å². The molecule has 0 radical (unpaired) electrons. The van der Waals surface area contributed by atoms with E-state index in [1.165, 1.54) is 0 Å². The summed E-state index contributed by atoms with van der Waals surface area (Å²) in [5.74, 6) is -0.841. The minimum atomic E-state index is -4.26. The van der Waals surface area contributed by atoms with Crippen LogP contribution in [0.1, 0.15) is 33.1 Å². The molecular weight excluding hydrogens is 356 g/mol. The number of fused-ring (bicyclic) bond motifs is 1. The van der Waals surface area contributed by atoms with Crippen LogP contribution in [0, 0.1) is 0 Å². The van der Waals surface area contributed by atoms with Crippen LogP contribution in [0.2, 0.25) is 0 Å². The molecule has 0 aliphatic carbocycles. The Morgan fingerprint density at radius 2 is 2.12 bits per heavy atom. The molecule has 2 N–H and O–H groups in total. The molecule has 0 saturated carbocycles. The van der Waals surface area contributed by atoms with E-state index in [4.69, 9.17) is 8.22 Å². The molecule has 1 saturated heterocycles. The number of sulfonamides is 1. The summed E-state index contributed by atoms with van der Waals surface area (Å²) in [4.78, 5) is 21.0. The van der Waals surface area contributed by atoms with Gasteiger partial charge >= 0.3 is 0 Å². The van der Waals surface area contributed by atoms with E-state index in [-0.39, 0.29) is 5.39 Å². The predicted octanol–water partition coefficient (Wildman–Crippen LogP) is 1.09. The van der Waals surface area contributed by atoms with Crippen molar-refractivity contribution in [1.82, 2.24) is 19.3 Å². The van der Waals surface area contributed by atoms with Crippen molar-refractivity contribution in [1.29, 1.82) is 0 Å². The zero-order valence-corrected chi connectivity index (χ0v) is 13.6. The Balaban J connectivity index is 2.15. The molecule has 0 amide bonds. The van der Waals surface area contributed by atoms with Gasteiger partial charge in [-0.1, -0.05) is 0 Å². The Morgan fingerprint density at radius 3 is 2.72 bits per heavy atom. The highest BCUT2D eigenvalue weighted by Gasteiger charge is 2.26. The van der Waals surface area contributed by atoms with Gasteiger partial charge in [0.15, 0.2) is 0 Å². The second-order valence-electron chi connectivity index (χ2n) is 5.13. The zero-order chi connectivity index (χ0) is 23.6. The number of rotatable bonds is 4. The van der Waals surface area contributed by atoms with Gasteiger partial charge in [-0.05, 0) is 18.8 Å². The van der Waals surface area contributed by atoms with E-state index in [1.807, 2.05) is 0 Å². The quantitative estimate of drug-likeness (QED) is 0.823. The molecular formula is C14H17F2N5O3S. The number of anilines is 1. The van der Waals surface area contributed by atoms with Crippen molar-refractivity contribution in [3.05, 3.63) is 28.2 Å². The first kappa shape index (κ1) is 11.5. The van der Waals surface area contributed by atoms with Gasteiger partial charge in [-0.25, -0.2) is 26.5 Å². The van der Waals surface area contributed by atoms with Crippen molar-refractivity contribution >= 4 is 27.0 Å². The highest BCUT2D eigenvalue weighted by Crippen LogP contribution is 2.25. The van der Waals surface area contributed by atoms with Crippen molar-refractivity contribution in [3.8, 4) is 0 Å². The van der Waals surface area contributed by atoms with Crippen LogP contribution in [-0.2, 0) is 10.0 Å². The molecule has 11 heteroatoms.